The van der Waals surface area contributed by atoms with Gasteiger partial charge in [0.1, 0.15) is 6.23 Å². The van der Waals surface area contributed by atoms with Crippen molar-refractivity contribution < 1.29 is 35.4 Å². The number of fused-ring (bicyclic) bond motifs is 9. The average molecular weight is 1000 g/mol. The van der Waals surface area contributed by atoms with Gasteiger partial charge in [-0.1, -0.05) is 104 Å². The quantitative estimate of drug-likeness (QED) is 0.0418. The van der Waals surface area contributed by atoms with Crippen LogP contribution < -0.4 is 11.1 Å². The van der Waals surface area contributed by atoms with E-state index in [-0.39, 0.29) is 72.2 Å². The van der Waals surface area contributed by atoms with Crippen molar-refractivity contribution in [2.45, 2.75) is 179 Å². The second-order valence-electron chi connectivity index (χ2n) is 24.3. The van der Waals surface area contributed by atoms with Gasteiger partial charge in [-0.3, -0.25) is 9.79 Å². The number of aliphatic hydroxyl groups excluding tert-OH is 5. The van der Waals surface area contributed by atoms with Gasteiger partial charge in [-0.25, -0.2) is 4.98 Å². The number of aryl methyl sites for hydroxylation is 1. The van der Waals surface area contributed by atoms with Gasteiger partial charge in [0.25, 0.3) is 0 Å². The van der Waals surface area contributed by atoms with Crippen molar-refractivity contribution in [3.05, 3.63) is 77.4 Å². The molecule has 0 unspecified atom stereocenters. The second-order valence-corrected chi connectivity index (χ2v) is 26.9. The van der Waals surface area contributed by atoms with Crippen molar-refractivity contribution >= 4 is 33.3 Å². The lowest BCUT2D eigenvalue weighted by atomic mass is 9.42. The van der Waals surface area contributed by atoms with E-state index in [9.17, 15) is 35.4 Å². The molecule has 6 fully saturated rings. The van der Waals surface area contributed by atoms with E-state index in [0.717, 1.165) is 37.9 Å². The molecule has 1 saturated heterocycles. The maximum absolute atomic E-state index is 14.9. The molecule has 1 aliphatic heterocycles. The smallest absolute Gasteiger partial charge is 0.190 e. The third-order valence-corrected chi connectivity index (χ3v) is 22.8. The average Bonchev–Trinajstić information content (AvgIpc) is 4.08. The molecule has 386 valence electrons. The molecule has 6 aliphatic carbocycles. The zero-order chi connectivity index (χ0) is 49.8. The summed E-state index contributed by atoms with van der Waals surface area (Å²) in [4.78, 5) is 24.2. The number of guanidine groups is 1. The number of ketones is 1. The fourth-order valence-corrected chi connectivity index (χ4v) is 19.7. The summed E-state index contributed by atoms with van der Waals surface area (Å²) < 4.78 is 2.26. The Morgan fingerprint density at radius 2 is 1.74 bits per heavy atom. The zero-order valence-electron chi connectivity index (χ0n) is 42.4. The standard InChI is InChI=1S/C56H83N5O7S2/c1-34-40-22-43(56(68)44-25-46(65)42-24-47(66)48(67)29-53(42,5)50(44)38(27-55(40,56)32-62)30-59-51(57)60-35(2)63)49(16-15-36-12-7-6-8-13-36)70-69-31-39(61-21-20-58-33-61)28-52(3,4)41(23-45(34)64)37-14-11-19-54(26-37)17-9-10-18-54/h6-8,12-13,20-21,25,33-35,38-40,42-43,45,47-50,62-64,66-68H,9-11,14-19,22-24,26-32H2,1-5H3,(H3,57,59,60)/b41-37+/t34-,35-,38-,39-,40+,42-,43+,45+,47+,48-,49-,50-,53-,55-,56+/m0/s1. The molecular formula is C56H83N5O7S2. The van der Waals surface area contributed by atoms with Gasteiger partial charge in [0.2, 0.25) is 0 Å². The van der Waals surface area contributed by atoms with E-state index in [4.69, 9.17) is 10.7 Å². The van der Waals surface area contributed by atoms with Gasteiger partial charge in [-0.05, 0) is 154 Å². The Morgan fingerprint density at radius 1 is 1.00 bits per heavy atom. The lowest BCUT2D eigenvalue weighted by molar-refractivity contribution is -0.183. The molecule has 2 aromatic rings. The zero-order valence-corrected chi connectivity index (χ0v) is 44.0. The lowest BCUT2D eigenvalue weighted by Crippen LogP contribution is -2.67. The van der Waals surface area contributed by atoms with Crippen LogP contribution in [-0.2, 0) is 11.2 Å². The highest BCUT2D eigenvalue weighted by molar-refractivity contribution is 8.76. The summed E-state index contributed by atoms with van der Waals surface area (Å²) in [5.74, 6) is -1.84. The third-order valence-electron chi connectivity index (χ3n) is 19.7. The van der Waals surface area contributed by atoms with Crippen LogP contribution in [0.2, 0.25) is 0 Å². The van der Waals surface area contributed by atoms with Crippen molar-refractivity contribution in [3.8, 4) is 0 Å². The maximum atomic E-state index is 14.9. The number of allylic oxidation sites excluding steroid dienone is 2. The Balaban J connectivity index is 1.21. The highest BCUT2D eigenvalue weighted by Gasteiger charge is 2.74. The van der Waals surface area contributed by atoms with Crippen LogP contribution in [-0.4, -0.2) is 106 Å². The molecule has 0 radical (unpaired) electrons. The molecule has 5 saturated carbocycles. The maximum Gasteiger partial charge on any atom is 0.190 e. The van der Waals surface area contributed by atoms with Crippen LogP contribution in [0, 0.1) is 57.2 Å². The number of aliphatic hydroxyl groups is 6. The molecule has 12 nitrogen and oxygen atoms in total. The first kappa shape index (κ1) is 52.2. The van der Waals surface area contributed by atoms with Crippen molar-refractivity contribution in [1.29, 1.82) is 0 Å². The van der Waals surface area contributed by atoms with Crippen molar-refractivity contribution in [2.75, 3.05) is 18.9 Å². The Morgan fingerprint density at radius 3 is 2.44 bits per heavy atom. The van der Waals surface area contributed by atoms with Crippen molar-refractivity contribution in [3.63, 3.8) is 0 Å². The van der Waals surface area contributed by atoms with Gasteiger partial charge in [0.15, 0.2) is 11.7 Å². The third kappa shape index (κ3) is 9.53. The lowest BCUT2D eigenvalue weighted by Gasteiger charge is -2.64. The minimum atomic E-state index is -1.68. The highest BCUT2D eigenvalue weighted by Crippen LogP contribution is 2.73. The van der Waals surface area contributed by atoms with E-state index >= 15 is 0 Å². The molecular weight excluding hydrogens is 919 g/mol. The molecule has 7 aliphatic rings. The molecule has 2 bridgehead atoms. The van der Waals surface area contributed by atoms with Crippen LogP contribution in [0.4, 0.5) is 0 Å². The first-order chi connectivity index (χ1) is 33.3. The van der Waals surface area contributed by atoms with Crippen LogP contribution in [0.3, 0.4) is 0 Å². The number of carbonyl (C=O) groups excluding carboxylic acids is 1. The number of benzene rings is 1. The van der Waals surface area contributed by atoms with Crippen LogP contribution in [0.15, 0.2) is 76.8 Å². The molecule has 0 amide bonds. The fourth-order valence-electron chi connectivity index (χ4n) is 16.4. The SMILES string of the molecule is C[C@@H]1[C@H](O)C/C(=C2/CCCC3(CCCC3)C2)C(C)(C)C[C@H](n2ccnc2)CSS[C@@H](CCc2ccccc2)[C@H]2C[C@H]1[C@@]1(CO)C[C@@H](CN=C(N)N[C@H](C)O)[C@H]3C(=CC(=O)[C@@H]4C[C@@H](O)[C@@H](O)C[C@]34C)[C@]21O. The molecule has 14 heteroatoms. The van der Waals surface area contributed by atoms with Gasteiger partial charge in [-0.2, -0.15) is 0 Å². The number of nitrogens with zero attached hydrogens (tertiary/aromatic N) is 3. The van der Waals surface area contributed by atoms with Gasteiger partial charge >= 0.3 is 0 Å². The van der Waals surface area contributed by atoms with Crippen molar-refractivity contribution in [2.24, 2.45) is 67.9 Å². The van der Waals surface area contributed by atoms with Gasteiger partial charge < -0.3 is 46.3 Å². The number of nitrogens with one attached hydrogen (secondary N) is 1. The number of hydrogen-bond donors (Lipinski definition) is 8. The fraction of sp³-hybridized carbons (Fsp3) is 0.732. The van der Waals surface area contributed by atoms with E-state index in [1.165, 1.54) is 55.2 Å². The van der Waals surface area contributed by atoms with E-state index in [1.54, 1.807) is 13.0 Å². The Bertz CT molecular complexity index is 2250. The molecule has 1 spiro atoms. The summed E-state index contributed by atoms with van der Waals surface area (Å²) in [6, 6.07) is 10.6. The highest BCUT2D eigenvalue weighted by atomic mass is 33.1. The normalized spacial score (nSPS) is 41.5. The van der Waals surface area contributed by atoms with Crippen LogP contribution in [0.25, 0.3) is 0 Å². The Hall–Kier alpha value is -2.69. The first-order valence-corrected chi connectivity index (χ1v) is 29.1. The minimum absolute atomic E-state index is 0.0657. The number of nitrogens with two attached hydrogens (primary N) is 1. The first-order valence-electron chi connectivity index (χ1n) is 26.7. The number of rotatable bonds is 8. The summed E-state index contributed by atoms with van der Waals surface area (Å²) in [7, 11) is 3.68. The van der Waals surface area contributed by atoms with E-state index in [0.29, 0.717) is 30.3 Å². The summed E-state index contributed by atoms with van der Waals surface area (Å²) in [6.07, 6.45) is 17.4. The van der Waals surface area contributed by atoms with Gasteiger partial charge in [0, 0.05) is 53.2 Å². The predicted molar refractivity (Wildman–Crippen MR) is 279 cm³/mol. The topological polar surface area (TPSA) is 207 Å². The largest absolute Gasteiger partial charge is 0.396 e. The Kier molecular flexibility index (Phi) is 15.3. The molecule has 15 atom stereocenters. The molecule has 1 aromatic heterocycles. The summed E-state index contributed by atoms with van der Waals surface area (Å²) >= 11 is 0. The number of carbonyl (C=O) groups is 1. The summed E-state index contributed by atoms with van der Waals surface area (Å²) in [5, 5.41) is 75.8. The van der Waals surface area contributed by atoms with Crippen LogP contribution in [0.1, 0.15) is 143 Å². The number of imidazole rings is 1. The monoisotopic (exact) mass is 1000 g/mol. The van der Waals surface area contributed by atoms with E-state index < -0.39 is 58.7 Å². The molecule has 2 heterocycles. The number of hydrogen-bond acceptors (Lipinski definition) is 11. The molecule has 1 aromatic carbocycles. The molecule has 9 rings (SSSR count). The van der Waals surface area contributed by atoms with E-state index in [1.807, 2.05) is 47.1 Å². The summed E-state index contributed by atoms with van der Waals surface area (Å²) in [6.45, 7) is 10.4. The van der Waals surface area contributed by atoms with Crippen molar-refractivity contribution in [1.82, 2.24) is 14.9 Å². The molecule has 70 heavy (non-hydrogen) atoms. The van der Waals surface area contributed by atoms with E-state index in [2.05, 4.69) is 66.1 Å². The summed E-state index contributed by atoms with van der Waals surface area (Å²) in [5.41, 5.74) is 7.45. The second kappa shape index (κ2) is 20.6. The number of aromatic nitrogens is 2. The van der Waals surface area contributed by atoms with Gasteiger partial charge in [-0.15, -0.1) is 0 Å². The molecule has 9 N–H and O–H groups in total. The Labute approximate surface area is 424 Å². The predicted octanol–water partition coefficient (Wildman–Crippen LogP) is 7.93. The minimum Gasteiger partial charge on any atom is -0.396 e. The van der Waals surface area contributed by atoms with Crippen LogP contribution >= 0.6 is 21.6 Å². The number of aliphatic imine (C=N–C) groups is 1. The van der Waals surface area contributed by atoms with Crippen LogP contribution in [0.5, 0.6) is 0 Å². The van der Waals surface area contributed by atoms with Gasteiger partial charge in [0.05, 0.1) is 36.8 Å².